The van der Waals surface area contributed by atoms with E-state index in [0.717, 1.165) is 0 Å². The molecule has 108 valence electrons. The third-order valence-corrected chi connectivity index (χ3v) is 5.73. The minimum absolute atomic E-state index is 0.0151. The Kier molecular flexibility index (Phi) is 6.39. The number of esters is 1. The lowest BCUT2D eigenvalue weighted by atomic mass is 10.0. The summed E-state index contributed by atoms with van der Waals surface area (Å²) in [5, 5.41) is 0. The summed E-state index contributed by atoms with van der Waals surface area (Å²) in [7, 11) is 3.09. The molecule has 0 radical (unpaired) electrons. The number of Topliss-reactive ketones (excluding diaryl/α,β-unsaturated/α-hetero) is 2. The third-order valence-electron chi connectivity index (χ3n) is 2.55. The van der Waals surface area contributed by atoms with Gasteiger partial charge in [0, 0.05) is 17.6 Å². The van der Waals surface area contributed by atoms with E-state index in [1.165, 1.54) is 10.8 Å². The Bertz CT molecular complexity index is 344. The average molecular weight is 304 g/mol. The number of hydrogen-bond donors (Lipinski definition) is 0. The molecule has 0 saturated heterocycles. The predicted octanol–water partition coefficient (Wildman–Crippen LogP) is 2.65. The number of ether oxygens (including phenoxy) is 1. The third kappa shape index (κ3) is 6.47. The topological polar surface area (TPSA) is 60.4 Å². The summed E-state index contributed by atoms with van der Waals surface area (Å²) in [4.78, 5) is 34.2. The van der Waals surface area contributed by atoms with Gasteiger partial charge in [-0.05, 0) is 6.42 Å². The van der Waals surface area contributed by atoms with Gasteiger partial charge in [0.1, 0.15) is 17.3 Å². The van der Waals surface area contributed by atoms with Gasteiger partial charge in [-0.2, -0.15) is 0 Å². The Morgan fingerprint density at radius 2 is 1.84 bits per heavy atom. The molecule has 1 rings (SSSR count). The van der Waals surface area contributed by atoms with Crippen molar-refractivity contribution >= 4 is 39.1 Å². The summed E-state index contributed by atoms with van der Waals surface area (Å²) >= 11 is 0. The van der Waals surface area contributed by atoms with Gasteiger partial charge >= 0.3 is 5.97 Å². The van der Waals surface area contributed by atoms with Gasteiger partial charge in [0.15, 0.2) is 0 Å². The van der Waals surface area contributed by atoms with E-state index in [2.05, 4.69) is 20.8 Å². The first kappa shape index (κ1) is 16.6. The maximum atomic E-state index is 11.4. The summed E-state index contributed by atoms with van der Waals surface area (Å²) in [6.45, 7) is 6.38. The second-order valence-corrected chi connectivity index (χ2v) is 8.58. The second kappa shape index (κ2) is 7.33. The lowest BCUT2D eigenvalue weighted by Crippen LogP contribution is -2.18. The quantitative estimate of drug-likeness (QED) is 0.427. The normalized spacial score (nSPS) is 17.0. The van der Waals surface area contributed by atoms with E-state index in [9.17, 15) is 14.4 Å². The molecule has 0 amide bonds. The van der Waals surface area contributed by atoms with E-state index in [1.54, 1.807) is 10.8 Å². The van der Waals surface area contributed by atoms with Crippen LogP contribution in [0.25, 0.3) is 0 Å². The molecule has 0 aromatic carbocycles. The fraction of sp³-hybridized carbons (Fsp3) is 0.769. The average Bonchev–Trinajstić information content (AvgIpc) is 2.58. The molecule has 0 atom stereocenters. The van der Waals surface area contributed by atoms with Crippen molar-refractivity contribution in [1.82, 2.24) is 0 Å². The first-order valence-corrected chi connectivity index (χ1v) is 8.63. The van der Waals surface area contributed by atoms with Crippen LogP contribution < -0.4 is 0 Å². The van der Waals surface area contributed by atoms with Crippen molar-refractivity contribution in [2.24, 2.45) is 5.92 Å². The molecule has 1 aliphatic rings. The highest BCUT2D eigenvalue weighted by Gasteiger charge is 2.32. The van der Waals surface area contributed by atoms with Crippen molar-refractivity contribution in [3.05, 3.63) is 0 Å². The largest absolute Gasteiger partial charge is 0.465 e. The molecular weight excluding hydrogens is 284 g/mol. The van der Waals surface area contributed by atoms with Gasteiger partial charge in [-0.1, -0.05) is 42.4 Å². The van der Waals surface area contributed by atoms with Gasteiger partial charge < -0.3 is 4.74 Å². The highest BCUT2D eigenvalue weighted by atomic mass is 33.1. The fourth-order valence-electron chi connectivity index (χ4n) is 1.68. The lowest BCUT2D eigenvalue weighted by Gasteiger charge is -2.15. The van der Waals surface area contributed by atoms with Crippen LogP contribution in [0.1, 0.15) is 40.0 Å². The summed E-state index contributed by atoms with van der Waals surface area (Å²) in [6, 6.07) is 0. The van der Waals surface area contributed by atoms with E-state index >= 15 is 0 Å². The molecule has 4 nitrogen and oxygen atoms in total. The fourth-order valence-corrected chi connectivity index (χ4v) is 3.80. The number of rotatable bonds is 6. The van der Waals surface area contributed by atoms with Crippen LogP contribution in [0.2, 0.25) is 0 Å². The van der Waals surface area contributed by atoms with Gasteiger partial charge in [-0.25, -0.2) is 0 Å². The molecule has 1 aliphatic carbocycles. The van der Waals surface area contributed by atoms with E-state index in [4.69, 9.17) is 4.74 Å². The minimum Gasteiger partial charge on any atom is -0.465 e. The van der Waals surface area contributed by atoms with Crippen molar-refractivity contribution in [3.8, 4) is 0 Å². The van der Waals surface area contributed by atoms with E-state index in [0.29, 0.717) is 19.3 Å². The van der Waals surface area contributed by atoms with Crippen molar-refractivity contribution in [3.63, 3.8) is 0 Å². The van der Waals surface area contributed by atoms with Gasteiger partial charge in [-0.15, -0.1) is 0 Å². The highest BCUT2D eigenvalue weighted by molar-refractivity contribution is 8.77. The first-order chi connectivity index (χ1) is 8.79. The predicted molar refractivity (Wildman–Crippen MR) is 78.1 cm³/mol. The summed E-state index contributed by atoms with van der Waals surface area (Å²) in [6.07, 6.45) is 1.02. The molecule has 0 aromatic heterocycles. The highest BCUT2D eigenvalue weighted by Crippen LogP contribution is 2.34. The standard InChI is InChI=1S/C13H20O4S2/c1-13(2,3)19-18-8-12(16)17-7-6-9-10(14)4-5-11(9)15/h9H,4-8H2,1-3H3. The summed E-state index contributed by atoms with van der Waals surface area (Å²) in [5.74, 6) is -0.574. The number of carbonyl (C=O) groups excluding carboxylic acids is 3. The van der Waals surface area contributed by atoms with Crippen LogP contribution in [0, 0.1) is 5.92 Å². The van der Waals surface area contributed by atoms with Gasteiger partial charge in [0.25, 0.3) is 0 Å². The van der Waals surface area contributed by atoms with Crippen molar-refractivity contribution in [2.45, 2.75) is 44.8 Å². The molecule has 0 N–H and O–H groups in total. The Morgan fingerprint density at radius 3 is 2.37 bits per heavy atom. The number of ketones is 2. The zero-order chi connectivity index (χ0) is 14.5. The van der Waals surface area contributed by atoms with E-state index in [1.807, 2.05) is 0 Å². The van der Waals surface area contributed by atoms with Crippen LogP contribution in [0.4, 0.5) is 0 Å². The van der Waals surface area contributed by atoms with Crippen molar-refractivity contribution < 1.29 is 19.1 Å². The first-order valence-electron chi connectivity index (χ1n) is 6.31. The molecule has 6 heteroatoms. The lowest BCUT2D eigenvalue weighted by molar-refractivity contribution is -0.142. The molecule has 1 saturated carbocycles. The van der Waals surface area contributed by atoms with Gasteiger partial charge in [0.05, 0.1) is 12.5 Å². The number of carbonyl (C=O) groups is 3. The Labute approximate surface area is 121 Å². The molecule has 19 heavy (non-hydrogen) atoms. The Hall–Kier alpha value is -0.490. The van der Waals surface area contributed by atoms with Crippen LogP contribution in [-0.4, -0.2) is 34.6 Å². The van der Waals surface area contributed by atoms with Crippen LogP contribution >= 0.6 is 21.6 Å². The van der Waals surface area contributed by atoms with E-state index < -0.39 is 5.92 Å². The van der Waals surface area contributed by atoms with Gasteiger partial charge in [0.2, 0.25) is 0 Å². The second-order valence-electron chi connectivity index (χ2n) is 5.45. The zero-order valence-corrected chi connectivity index (χ0v) is 13.2. The summed E-state index contributed by atoms with van der Waals surface area (Å²) in [5.41, 5.74) is 0. The molecule has 0 spiro atoms. The monoisotopic (exact) mass is 304 g/mol. The molecule has 0 heterocycles. The van der Waals surface area contributed by atoms with Crippen LogP contribution in [0.3, 0.4) is 0 Å². The zero-order valence-electron chi connectivity index (χ0n) is 11.6. The molecule has 0 aromatic rings. The van der Waals surface area contributed by atoms with Crippen LogP contribution in [-0.2, 0) is 19.1 Å². The SMILES string of the molecule is CC(C)(C)SSCC(=O)OCCC1C(=O)CCC1=O. The molecule has 0 bridgehead atoms. The summed E-state index contributed by atoms with van der Waals surface area (Å²) < 4.78 is 5.14. The van der Waals surface area contributed by atoms with E-state index in [-0.39, 0.29) is 34.6 Å². The van der Waals surface area contributed by atoms with Crippen LogP contribution in [0.15, 0.2) is 0 Å². The molecule has 0 unspecified atom stereocenters. The Morgan fingerprint density at radius 1 is 1.26 bits per heavy atom. The van der Waals surface area contributed by atoms with Crippen molar-refractivity contribution in [2.75, 3.05) is 12.4 Å². The molecular formula is C13H20O4S2. The molecule has 0 aliphatic heterocycles. The maximum Gasteiger partial charge on any atom is 0.316 e. The molecule has 1 fully saturated rings. The minimum atomic E-state index is -0.538. The van der Waals surface area contributed by atoms with Crippen molar-refractivity contribution in [1.29, 1.82) is 0 Å². The Balaban J connectivity index is 2.14. The van der Waals surface area contributed by atoms with Crippen LogP contribution in [0.5, 0.6) is 0 Å². The maximum absolute atomic E-state index is 11.4. The number of hydrogen-bond acceptors (Lipinski definition) is 6. The smallest absolute Gasteiger partial charge is 0.316 e. The van der Waals surface area contributed by atoms with Gasteiger partial charge in [-0.3, -0.25) is 14.4 Å².